The molecule has 1 aromatic heterocycles. The SMILES string of the molecule is NC(=NCc1ccc(Cn2ccnc2)cc1)N1CCOCC1. The number of benzene rings is 1. The Balaban J connectivity index is 1.56. The predicted octanol–water partition coefficient (Wildman–Crippen LogP) is 1.08. The largest absolute Gasteiger partial charge is 0.378 e. The Morgan fingerprint density at radius 1 is 1.18 bits per heavy atom. The number of aliphatic imine (C=N–C) groups is 1. The van der Waals surface area contributed by atoms with Crippen LogP contribution in [0.4, 0.5) is 0 Å². The molecule has 2 heterocycles. The van der Waals surface area contributed by atoms with E-state index in [0.717, 1.165) is 38.4 Å². The van der Waals surface area contributed by atoms with Gasteiger partial charge in [0, 0.05) is 32.0 Å². The van der Waals surface area contributed by atoms with Crippen LogP contribution in [0, 0.1) is 0 Å². The third-order valence-corrected chi connectivity index (χ3v) is 3.71. The minimum Gasteiger partial charge on any atom is -0.378 e. The van der Waals surface area contributed by atoms with Gasteiger partial charge in [-0.1, -0.05) is 24.3 Å². The number of ether oxygens (including phenoxy) is 1. The van der Waals surface area contributed by atoms with Gasteiger partial charge in [0.25, 0.3) is 0 Å². The minimum atomic E-state index is 0.603. The number of imidazole rings is 1. The molecule has 0 aliphatic carbocycles. The van der Waals surface area contributed by atoms with Gasteiger partial charge in [0.2, 0.25) is 0 Å². The smallest absolute Gasteiger partial charge is 0.191 e. The zero-order chi connectivity index (χ0) is 15.2. The first-order valence-electron chi connectivity index (χ1n) is 7.47. The highest BCUT2D eigenvalue weighted by molar-refractivity contribution is 5.78. The topological polar surface area (TPSA) is 68.7 Å². The first kappa shape index (κ1) is 14.6. The molecule has 0 spiro atoms. The predicted molar refractivity (Wildman–Crippen MR) is 85.5 cm³/mol. The van der Waals surface area contributed by atoms with Crippen LogP contribution < -0.4 is 5.73 Å². The number of hydrogen-bond donors (Lipinski definition) is 1. The van der Waals surface area contributed by atoms with Crippen LogP contribution in [-0.4, -0.2) is 46.7 Å². The summed E-state index contributed by atoms with van der Waals surface area (Å²) in [5, 5.41) is 0. The summed E-state index contributed by atoms with van der Waals surface area (Å²) in [6.45, 7) is 4.52. The van der Waals surface area contributed by atoms with Gasteiger partial charge in [-0.3, -0.25) is 0 Å². The summed E-state index contributed by atoms with van der Waals surface area (Å²) in [6, 6.07) is 8.44. The Morgan fingerprint density at radius 2 is 1.91 bits per heavy atom. The van der Waals surface area contributed by atoms with E-state index in [2.05, 4.69) is 39.1 Å². The Bertz CT molecular complexity index is 600. The van der Waals surface area contributed by atoms with E-state index < -0.39 is 0 Å². The van der Waals surface area contributed by atoms with Crippen molar-refractivity contribution in [1.82, 2.24) is 14.5 Å². The molecule has 1 fully saturated rings. The fourth-order valence-electron chi connectivity index (χ4n) is 2.41. The van der Waals surface area contributed by atoms with Crippen molar-refractivity contribution in [3.63, 3.8) is 0 Å². The number of morpholine rings is 1. The van der Waals surface area contributed by atoms with E-state index in [1.807, 2.05) is 17.1 Å². The van der Waals surface area contributed by atoms with Crippen molar-refractivity contribution in [2.24, 2.45) is 10.7 Å². The van der Waals surface area contributed by atoms with Crippen LogP contribution in [-0.2, 0) is 17.8 Å². The third-order valence-electron chi connectivity index (χ3n) is 3.71. The molecule has 0 saturated carbocycles. The van der Waals surface area contributed by atoms with Crippen molar-refractivity contribution in [1.29, 1.82) is 0 Å². The van der Waals surface area contributed by atoms with Crippen LogP contribution in [0.2, 0.25) is 0 Å². The summed E-state index contributed by atoms with van der Waals surface area (Å²) in [6.07, 6.45) is 5.57. The Morgan fingerprint density at radius 3 is 2.59 bits per heavy atom. The first-order chi connectivity index (χ1) is 10.8. The first-order valence-corrected chi connectivity index (χ1v) is 7.47. The lowest BCUT2D eigenvalue weighted by molar-refractivity contribution is 0.0674. The number of guanidine groups is 1. The van der Waals surface area contributed by atoms with Crippen molar-refractivity contribution < 1.29 is 4.74 Å². The lowest BCUT2D eigenvalue weighted by atomic mass is 10.1. The number of rotatable bonds is 4. The van der Waals surface area contributed by atoms with Crippen molar-refractivity contribution in [2.45, 2.75) is 13.1 Å². The van der Waals surface area contributed by atoms with Crippen LogP contribution in [0.25, 0.3) is 0 Å². The average Bonchev–Trinajstić information content (AvgIpc) is 3.08. The van der Waals surface area contributed by atoms with E-state index in [0.29, 0.717) is 12.5 Å². The monoisotopic (exact) mass is 299 g/mol. The number of hydrogen-bond acceptors (Lipinski definition) is 3. The second-order valence-electron chi connectivity index (χ2n) is 5.33. The Kier molecular flexibility index (Phi) is 4.70. The second-order valence-corrected chi connectivity index (χ2v) is 5.33. The maximum absolute atomic E-state index is 6.03. The lowest BCUT2D eigenvalue weighted by Crippen LogP contribution is -2.44. The maximum atomic E-state index is 6.03. The van der Waals surface area contributed by atoms with Gasteiger partial charge in [0.15, 0.2) is 5.96 Å². The van der Waals surface area contributed by atoms with Crippen molar-refractivity contribution in [3.8, 4) is 0 Å². The summed E-state index contributed by atoms with van der Waals surface area (Å²) in [4.78, 5) is 10.6. The molecule has 1 saturated heterocycles. The minimum absolute atomic E-state index is 0.603. The van der Waals surface area contributed by atoms with Gasteiger partial charge in [-0.05, 0) is 11.1 Å². The molecule has 2 N–H and O–H groups in total. The standard InChI is InChI=1S/C16H21N5O/c17-16(21-7-9-22-10-8-21)19-11-14-1-3-15(4-2-14)12-20-6-5-18-13-20/h1-6,13H,7-12H2,(H2,17,19). The molecule has 116 valence electrons. The fourth-order valence-corrected chi connectivity index (χ4v) is 2.41. The molecule has 1 aromatic carbocycles. The van der Waals surface area contributed by atoms with E-state index in [9.17, 15) is 0 Å². The van der Waals surface area contributed by atoms with Crippen LogP contribution in [0.15, 0.2) is 48.0 Å². The molecular formula is C16H21N5O. The molecule has 0 radical (unpaired) electrons. The van der Waals surface area contributed by atoms with E-state index in [1.165, 1.54) is 5.56 Å². The number of aromatic nitrogens is 2. The summed E-state index contributed by atoms with van der Waals surface area (Å²) in [5.74, 6) is 0.603. The van der Waals surface area contributed by atoms with Gasteiger partial charge in [0.1, 0.15) is 0 Å². The third kappa shape index (κ3) is 3.85. The average molecular weight is 299 g/mol. The molecule has 2 aromatic rings. The highest BCUT2D eigenvalue weighted by Gasteiger charge is 2.11. The molecule has 22 heavy (non-hydrogen) atoms. The van der Waals surface area contributed by atoms with Gasteiger partial charge in [-0.25, -0.2) is 9.98 Å². The molecule has 0 unspecified atom stereocenters. The van der Waals surface area contributed by atoms with Crippen LogP contribution >= 0.6 is 0 Å². The molecule has 6 heteroatoms. The molecule has 1 aliphatic rings. The fraction of sp³-hybridized carbons (Fsp3) is 0.375. The van der Waals surface area contributed by atoms with Crippen molar-refractivity contribution in [3.05, 3.63) is 54.1 Å². The van der Waals surface area contributed by atoms with E-state index in [-0.39, 0.29) is 0 Å². The van der Waals surface area contributed by atoms with Crippen molar-refractivity contribution >= 4 is 5.96 Å². The van der Waals surface area contributed by atoms with Gasteiger partial charge in [-0.2, -0.15) is 0 Å². The van der Waals surface area contributed by atoms with E-state index in [4.69, 9.17) is 10.5 Å². The molecule has 3 rings (SSSR count). The second kappa shape index (κ2) is 7.09. The molecule has 0 bridgehead atoms. The van der Waals surface area contributed by atoms with Crippen molar-refractivity contribution in [2.75, 3.05) is 26.3 Å². The normalized spacial score (nSPS) is 16.0. The Hall–Kier alpha value is -2.34. The molecule has 1 aliphatic heterocycles. The maximum Gasteiger partial charge on any atom is 0.191 e. The van der Waals surface area contributed by atoms with E-state index in [1.54, 1.807) is 6.20 Å². The zero-order valence-corrected chi connectivity index (χ0v) is 12.6. The van der Waals surface area contributed by atoms with Crippen LogP contribution in [0.5, 0.6) is 0 Å². The van der Waals surface area contributed by atoms with E-state index >= 15 is 0 Å². The highest BCUT2D eigenvalue weighted by Crippen LogP contribution is 2.08. The van der Waals surface area contributed by atoms with Gasteiger partial charge < -0.3 is 19.9 Å². The van der Waals surface area contributed by atoms with Crippen LogP contribution in [0.3, 0.4) is 0 Å². The summed E-state index contributed by atoms with van der Waals surface area (Å²) < 4.78 is 7.36. The summed E-state index contributed by atoms with van der Waals surface area (Å²) in [5.41, 5.74) is 8.43. The van der Waals surface area contributed by atoms with Gasteiger partial charge >= 0.3 is 0 Å². The molecule has 0 amide bonds. The van der Waals surface area contributed by atoms with Crippen LogP contribution in [0.1, 0.15) is 11.1 Å². The summed E-state index contributed by atoms with van der Waals surface area (Å²) >= 11 is 0. The number of nitrogens with zero attached hydrogens (tertiary/aromatic N) is 4. The molecule has 6 nitrogen and oxygen atoms in total. The Labute approximate surface area is 130 Å². The zero-order valence-electron chi connectivity index (χ0n) is 12.6. The summed E-state index contributed by atoms with van der Waals surface area (Å²) in [7, 11) is 0. The molecular weight excluding hydrogens is 278 g/mol. The number of nitrogens with two attached hydrogens (primary N) is 1. The van der Waals surface area contributed by atoms with Gasteiger partial charge in [0.05, 0.1) is 26.1 Å². The van der Waals surface area contributed by atoms with Gasteiger partial charge in [-0.15, -0.1) is 0 Å². The molecule has 0 atom stereocenters. The highest BCUT2D eigenvalue weighted by atomic mass is 16.5. The quantitative estimate of drug-likeness (QED) is 0.677. The lowest BCUT2D eigenvalue weighted by Gasteiger charge is -2.27.